The Labute approximate surface area is 160 Å². The summed E-state index contributed by atoms with van der Waals surface area (Å²) in [7, 11) is 1.82. The quantitative estimate of drug-likeness (QED) is 0.604. The zero-order valence-corrected chi connectivity index (χ0v) is 16.4. The monoisotopic (exact) mass is 370 g/mol. The van der Waals surface area contributed by atoms with Gasteiger partial charge in [-0.3, -0.25) is 4.79 Å². The fourth-order valence-electron chi connectivity index (χ4n) is 3.07. The van der Waals surface area contributed by atoms with Crippen LogP contribution in [-0.2, 0) is 0 Å². The van der Waals surface area contributed by atoms with E-state index in [1.54, 1.807) is 11.2 Å². The van der Waals surface area contributed by atoms with Gasteiger partial charge in [0, 0.05) is 18.7 Å². The van der Waals surface area contributed by atoms with Crippen LogP contribution < -0.4 is 4.74 Å². The van der Waals surface area contributed by atoms with E-state index in [2.05, 4.69) is 11.9 Å². The fourth-order valence-corrected chi connectivity index (χ4v) is 3.07. The molecule has 1 heterocycles. The highest BCUT2D eigenvalue weighted by Gasteiger charge is 2.23. The minimum Gasteiger partial charge on any atom is -0.447 e. The number of aryl methyl sites for hydroxylation is 1. The number of carbonyl (C=O) groups is 1. The molecule has 2 aromatic rings. The predicted molar refractivity (Wildman–Crippen MR) is 105 cm³/mol. The van der Waals surface area contributed by atoms with E-state index in [9.17, 15) is 9.18 Å². The molecule has 0 bridgehead atoms. The number of pyridine rings is 1. The van der Waals surface area contributed by atoms with Crippen LogP contribution >= 0.6 is 0 Å². The van der Waals surface area contributed by atoms with Gasteiger partial charge in [0.05, 0.1) is 18.5 Å². The minimum atomic E-state index is -0.407. The van der Waals surface area contributed by atoms with Crippen molar-refractivity contribution in [1.29, 1.82) is 0 Å². The molecule has 0 radical (unpaired) electrons. The maximum Gasteiger partial charge on any atom is 0.254 e. The Balaban J connectivity index is 2.22. The molecule has 0 aliphatic rings. The molecule has 0 fully saturated rings. The number of aromatic nitrogens is 1. The molecule has 0 spiro atoms. The Morgan fingerprint density at radius 1 is 1.30 bits per heavy atom. The number of hydrogen-bond donors (Lipinski definition) is 0. The first kappa shape index (κ1) is 20.6. The Bertz CT molecular complexity index is 787. The van der Waals surface area contributed by atoms with Gasteiger partial charge in [0.1, 0.15) is 5.82 Å². The molecule has 4 nitrogen and oxygen atoms in total. The molecule has 1 amide bonds. The number of amides is 1. The normalized spacial score (nSPS) is 12.6. The van der Waals surface area contributed by atoms with Crippen LogP contribution in [0.4, 0.5) is 4.39 Å². The molecular weight excluding hydrogens is 343 g/mol. The molecule has 0 aliphatic heterocycles. The number of rotatable bonds is 8. The zero-order chi connectivity index (χ0) is 19.8. The van der Waals surface area contributed by atoms with Gasteiger partial charge in [-0.2, -0.15) is 0 Å². The lowest BCUT2D eigenvalue weighted by molar-refractivity contribution is 0.0747. The summed E-state index contributed by atoms with van der Waals surface area (Å²) in [6.07, 6.45) is 5.26. The standard InChI is InChI=1S/C22H27FN2O2/c1-5-8-18(15-27-21-12-11-19(23)14-24-21)20(6-2)25(4)22(26)17-10-7-9-16(3)13-17/h7,9-15,20H,5-6,8H2,1-4H3/b18-15+. The van der Waals surface area contributed by atoms with Crippen LogP contribution in [0.5, 0.6) is 5.88 Å². The molecule has 1 aromatic carbocycles. The van der Waals surface area contributed by atoms with Crippen LogP contribution in [0.2, 0.25) is 0 Å². The van der Waals surface area contributed by atoms with E-state index in [0.29, 0.717) is 11.4 Å². The first-order valence-corrected chi connectivity index (χ1v) is 9.27. The summed E-state index contributed by atoms with van der Waals surface area (Å²) in [5, 5.41) is 0. The molecule has 1 aromatic heterocycles. The topological polar surface area (TPSA) is 42.4 Å². The van der Waals surface area contributed by atoms with E-state index in [-0.39, 0.29) is 11.9 Å². The van der Waals surface area contributed by atoms with Crippen molar-refractivity contribution < 1.29 is 13.9 Å². The number of likely N-dealkylation sites (N-methyl/N-ethyl adjacent to an activating group) is 1. The second kappa shape index (κ2) is 9.86. The van der Waals surface area contributed by atoms with Gasteiger partial charge < -0.3 is 9.64 Å². The highest BCUT2D eigenvalue weighted by atomic mass is 19.1. The Morgan fingerprint density at radius 2 is 2.07 bits per heavy atom. The second-order valence-electron chi connectivity index (χ2n) is 6.58. The van der Waals surface area contributed by atoms with E-state index in [1.165, 1.54) is 12.1 Å². The maximum absolute atomic E-state index is 13.0. The Hall–Kier alpha value is -2.69. The summed E-state index contributed by atoms with van der Waals surface area (Å²) >= 11 is 0. The molecule has 0 saturated carbocycles. The summed E-state index contributed by atoms with van der Waals surface area (Å²) in [6.45, 7) is 6.10. The van der Waals surface area contributed by atoms with Crippen molar-refractivity contribution in [1.82, 2.24) is 9.88 Å². The molecule has 5 heteroatoms. The van der Waals surface area contributed by atoms with Gasteiger partial charge in [0.25, 0.3) is 5.91 Å². The number of nitrogens with zero attached hydrogens (tertiary/aromatic N) is 2. The summed E-state index contributed by atoms with van der Waals surface area (Å²) < 4.78 is 18.6. The molecule has 0 N–H and O–H groups in total. The van der Waals surface area contributed by atoms with E-state index >= 15 is 0 Å². The first-order valence-electron chi connectivity index (χ1n) is 9.27. The molecular formula is C22H27FN2O2. The number of halogens is 1. The molecule has 2 rings (SSSR count). The number of carbonyl (C=O) groups excluding carboxylic acids is 1. The first-order chi connectivity index (χ1) is 13.0. The van der Waals surface area contributed by atoms with E-state index in [4.69, 9.17) is 4.74 Å². The van der Waals surface area contributed by atoms with Crippen LogP contribution in [0.25, 0.3) is 0 Å². The van der Waals surface area contributed by atoms with Gasteiger partial charge in [0.15, 0.2) is 0 Å². The second-order valence-corrected chi connectivity index (χ2v) is 6.58. The van der Waals surface area contributed by atoms with Crippen LogP contribution in [0.1, 0.15) is 49.0 Å². The van der Waals surface area contributed by atoms with Crippen molar-refractivity contribution >= 4 is 5.91 Å². The van der Waals surface area contributed by atoms with Crippen LogP contribution in [0, 0.1) is 12.7 Å². The summed E-state index contributed by atoms with van der Waals surface area (Å²) in [5.74, 6) is -0.102. The average Bonchev–Trinajstić information content (AvgIpc) is 2.67. The van der Waals surface area contributed by atoms with Gasteiger partial charge >= 0.3 is 0 Å². The third-order valence-electron chi connectivity index (χ3n) is 4.44. The smallest absolute Gasteiger partial charge is 0.254 e. The number of ether oxygens (including phenoxy) is 1. The largest absolute Gasteiger partial charge is 0.447 e. The van der Waals surface area contributed by atoms with Gasteiger partial charge in [-0.15, -0.1) is 0 Å². The van der Waals surface area contributed by atoms with Crippen LogP contribution in [-0.4, -0.2) is 28.9 Å². The van der Waals surface area contributed by atoms with Crippen molar-refractivity contribution in [3.8, 4) is 5.88 Å². The van der Waals surface area contributed by atoms with Crippen molar-refractivity contribution in [2.45, 2.75) is 46.1 Å². The lowest BCUT2D eigenvalue weighted by Crippen LogP contribution is -2.38. The van der Waals surface area contributed by atoms with Gasteiger partial charge in [-0.25, -0.2) is 9.37 Å². The predicted octanol–water partition coefficient (Wildman–Crippen LogP) is 5.14. The van der Waals surface area contributed by atoms with Crippen molar-refractivity contribution in [2.24, 2.45) is 0 Å². The van der Waals surface area contributed by atoms with Crippen molar-refractivity contribution in [3.63, 3.8) is 0 Å². The molecule has 0 aliphatic carbocycles. The minimum absolute atomic E-state index is 0.0209. The molecule has 27 heavy (non-hydrogen) atoms. The van der Waals surface area contributed by atoms with Crippen LogP contribution in [0.3, 0.4) is 0 Å². The highest BCUT2D eigenvalue weighted by Crippen LogP contribution is 2.21. The lowest BCUT2D eigenvalue weighted by Gasteiger charge is -2.29. The van der Waals surface area contributed by atoms with Gasteiger partial charge in [-0.05, 0) is 43.5 Å². The average molecular weight is 370 g/mol. The van der Waals surface area contributed by atoms with E-state index in [0.717, 1.165) is 36.6 Å². The summed E-state index contributed by atoms with van der Waals surface area (Å²) in [6, 6.07) is 10.3. The van der Waals surface area contributed by atoms with Crippen molar-refractivity contribution in [3.05, 3.63) is 71.4 Å². The Kier molecular flexibility index (Phi) is 7.53. The van der Waals surface area contributed by atoms with Crippen LogP contribution in [0.15, 0.2) is 54.4 Å². The zero-order valence-electron chi connectivity index (χ0n) is 16.4. The van der Waals surface area contributed by atoms with Gasteiger partial charge in [-0.1, -0.05) is 38.0 Å². The highest BCUT2D eigenvalue weighted by molar-refractivity contribution is 5.94. The molecule has 144 valence electrons. The number of hydrogen-bond acceptors (Lipinski definition) is 3. The molecule has 0 saturated heterocycles. The molecule has 1 unspecified atom stereocenters. The maximum atomic E-state index is 13.0. The SMILES string of the molecule is CCC/C(=C\Oc1ccc(F)cn1)C(CC)N(C)C(=O)c1cccc(C)c1. The van der Waals surface area contributed by atoms with Crippen molar-refractivity contribution in [2.75, 3.05) is 7.05 Å². The number of benzene rings is 1. The fraction of sp³-hybridized carbons (Fsp3) is 0.364. The summed E-state index contributed by atoms with van der Waals surface area (Å²) in [4.78, 5) is 18.6. The van der Waals surface area contributed by atoms with E-state index in [1.807, 2.05) is 45.2 Å². The van der Waals surface area contributed by atoms with Gasteiger partial charge in [0.2, 0.25) is 5.88 Å². The van der Waals surface area contributed by atoms with E-state index < -0.39 is 5.82 Å². The lowest BCUT2D eigenvalue weighted by atomic mass is 9.99. The third-order valence-corrected chi connectivity index (χ3v) is 4.44. The third kappa shape index (κ3) is 5.64. The summed E-state index contributed by atoms with van der Waals surface area (Å²) in [5.41, 5.74) is 2.74. The Morgan fingerprint density at radius 3 is 2.67 bits per heavy atom. The molecule has 1 atom stereocenters.